The average molecular weight is 387 g/mol. The molecule has 0 saturated carbocycles. The number of thiocarbonyl (C=S) groups is 1. The van der Waals surface area contributed by atoms with Gasteiger partial charge in [-0.05, 0) is 74.4 Å². The number of amides is 1. The molecule has 0 aliphatic heterocycles. The Morgan fingerprint density at radius 1 is 1.04 bits per heavy atom. The van der Waals surface area contributed by atoms with Crippen LogP contribution in [0.2, 0.25) is 0 Å². The van der Waals surface area contributed by atoms with Crippen molar-refractivity contribution in [3.63, 3.8) is 0 Å². The van der Waals surface area contributed by atoms with Crippen molar-refractivity contribution in [2.45, 2.75) is 33.8 Å². The Morgan fingerprint density at radius 3 is 2.37 bits per heavy atom. The maximum absolute atomic E-state index is 12.4. The fourth-order valence-electron chi connectivity index (χ4n) is 2.22. The van der Waals surface area contributed by atoms with Gasteiger partial charge in [0.2, 0.25) is 0 Å². The van der Waals surface area contributed by atoms with Crippen molar-refractivity contribution in [2.24, 2.45) is 5.92 Å². The van der Waals surface area contributed by atoms with E-state index in [0.29, 0.717) is 23.8 Å². The molecule has 0 bridgehead atoms. The number of rotatable bonds is 7. The van der Waals surface area contributed by atoms with Gasteiger partial charge in [-0.1, -0.05) is 19.9 Å². The molecule has 6 heteroatoms. The van der Waals surface area contributed by atoms with Gasteiger partial charge in [0.1, 0.15) is 11.5 Å². The highest BCUT2D eigenvalue weighted by molar-refractivity contribution is 7.80. The molecule has 0 aromatic heterocycles. The Bertz CT molecular complexity index is 773. The second-order valence-corrected chi connectivity index (χ2v) is 7.24. The summed E-state index contributed by atoms with van der Waals surface area (Å²) in [4.78, 5) is 12.4. The third kappa shape index (κ3) is 7.27. The van der Waals surface area contributed by atoms with Gasteiger partial charge in [-0.15, -0.1) is 0 Å². The van der Waals surface area contributed by atoms with Crippen LogP contribution >= 0.6 is 12.2 Å². The number of hydrogen-bond donors (Lipinski definition) is 2. The van der Waals surface area contributed by atoms with Crippen molar-refractivity contribution < 1.29 is 14.3 Å². The fraction of sp³-hybridized carbons (Fsp3) is 0.333. The Balaban J connectivity index is 1.90. The van der Waals surface area contributed by atoms with Gasteiger partial charge >= 0.3 is 0 Å². The topological polar surface area (TPSA) is 59.6 Å². The van der Waals surface area contributed by atoms with Crippen molar-refractivity contribution in [2.75, 3.05) is 11.9 Å². The van der Waals surface area contributed by atoms with Crippen molar-refractivity contribution in [1.29, 1.82) is 0 Å². The highest BCUT2D eigenvalue weighted by Gasteiger charge is 2.10. The van der Waals surface area contributed by atoms with Gasteiger partial charge in [0.25, 0.3) is 5.91 Å². The Labute approximate surface area is 166 Å². The molecule has 0 radical (unpaired) electrons. The normalized spacial score (nSPS) is 10.6. The zero-order valence-corrected chi connectivity index (χ0v) is 16.9. The second kappa shape index (κ2) is 9.92. The number of nitrogens with one attached hydrogen (secondary N) is 2. The van der Waals surface area contributed by atoms with Crippen LogP contribution in [0.5, 0.6) is 11.5 Å². The molecule has 0 aliphatic carbocycles. The Morgan fingerprint density at radius 2 is 1.74 bits per heavy atom. The van der Waals surface area contributed by atoms with Gasteiger partial charge < -0.3 is 14.8 Å². The maximum atomic E-state index is 12.4. The second-order valence-electron chi connectivity index (χ2n) is 6.83. The lowest BCUT2D eigenvalue weighted by Gasteiger charge is -2.13. The number of carbonyl (C=O) groups is 1. The van der Waals surface area contributed by atoms with Crippen LogP contribution in [0.15, 0.2) is 48.5 Å². The quantitative estimate of drug-likeness (QED) is 0.679. The van der Waals surface area contributed by atoms with Crippen molar-refractivity contribution in [3.05, 3.63) is 54.1 Å². The predicted molar refractivity (Wildman–Crippen MR) is 113 cm³/mol. The zero-order chi connectivity index (χ0) is 19.8. The average Bonchev–Trinajstić information content (AvgIpc) is 2.60. The molecule has 2 N–H and O–H groups in total. The summed E-state index contributed by atoms with van der Waals surface area (Å²) in [6.45, 7) is 8.74. The van der Waals surface area contributed by atoms with E-state index < -0.39 is 0 Å². The lowest BCUT2D eigenvalue weighted by atomic mass is 10.2. The highest BCUT2D eigenvalue weighted by Crippen LogP contribution is 2.17. The SMILES string of the molecule is CC(C)COc1ccc(NC(=S)NC(=O)c2cccc(OC(C)C)c2)cc1. The zero-order valence-electron chi connectivity index (χ0n) is 16.1. The van der Waals surface area contributed by atoms with E-state index in [1.54, 1.807) is 18.2 Å². The monoisotopic (exact) mass is 386 g/mol. The van der Waals surface area contributed by atoms with Crippen LogP contribution in [0, 0.1) is 5.92 Å². The first kappa shape index (κ1) is 20.7. The predicted octanol–water partition coefficient (Wildman–Crippen LogP) is 4.64. The Kier molecular flexibility index (Phi) is 7.61. The first-order valence-electron chi connectivity index (χ1n) is 8.95. The van der Waals surface area contributed by atoms with E-state index in [1.165, 1.54) is 0 Å². The summed E-state index contributed by atoms with van der Waals surface area (Å²) in [5.74, 6) is 1.62. The van der Waals surface area contributed by atoms with Crippen molar-refractivity contribution in [1.82, 2.24) is 5.32 Å². The van der Waals surface area contributed by atoms with Crippen LogP contribution in [-0.2, 0) is 0 Å². The molecule has 0 fully saturated rings. The summed E-state index contributed by atoms with van der Waals surface area (Å²) in [5.41, 5.74) is 1.25. The van der Waals surface area contributed by atoms with Crippen LogP contribution in [0.25, 0.3) is 0 Å². The Hall–Kier alpha value is -2.60. The van der Waals surface area contributed by atoms with Gasteiger partial charge in [0.05, 0.1) is 12.7 Å². The van der Waals surface area contributed by atoms with E-state index in [0.717, 1.165) is 11.4 Å². The van der Waals surface area contributed by atoms with E-state index in [4.69, 9.17) is 21.7 Å². The number of ether oxygens (including phenoxy) is 2. The molecule has 2 aromatic carbocycles. The van der Waals surface area contributed by atoms with Crippen LogP contribution in [0.3, 0.4) is 0 Å². The van der Waals surface area contributed by atoms with Gasteiger partial charge in [-0.3, -0.25) is 10.1 Å². The molecule has 0 aliphatic rings. The standard InChI is InChI=1S/C21H26N2O3S/c1-14(2)13-25-18-10-8-17(9-11-18)22-21(27)23-20(24)16-6-5-7-19(12-16)26-15(3)4/h5-12,14-15H,13H2,1-4H3,(H2,22,23,24,27). The molecule has 5 nitrogen and oxygen atoms in total. The highest BCUT2D eigenvalue weighted by atomic mass is 32.1. The molecule has 0 spiro atoms. The third-order valence-electron chi connectivity index (χ3n) is 3.39. The number of anilines is 1. The van der Waals surface area contributed by atoms with Crippen LogP contribution in [0.4, 0.5) is 5.69 Å². The van der Waals surface area contributed by atoms with E-state index in [1.807, 2.05) is 44.2 Å². The smallest absolute Gasteiger partial charge is 0.257 e. The maximum Gasteiger partial charge on any atom is 0.257 e. The lowest BCUT2D eigenvalue weighted by Crippen LogP contribution is -2.34. The van der Waals surface area contributed by atoms with Gasteiger partial charge in [0.15, 0.2) is 5.11 Å². The summed E-state index contributed by atoms with van der Waals surface area (Å²) in [5, 5.41) is 5.90. The minimum atomic E-state index is -0.293. The molecule has 27 heavy (non-hydrogen) atoms. The number of benzene rings is 2. The van der Waals surface area contributed by atoms with Gasteiger partial charge in [0, 0.05) is 11.3 Å². The number of hydrogen-bond acceptors (Lipinski definition) is 4. The summed E-state index contributed by atoms with van der Waals surface area (Å²) in [6.07, 6.45) is 0.0403. The summed E-state index contributed by atoms with van der Waals surface area (Å²) >= 11 is 5.23. The minimum absolute atomic E-state index is 0.0403. The van der Waals surface area contributed by atoms with Crippen LogP contribution in [-0.4, -0.2) is 23.7 Å². The molecule has 2 aromatic rings. The van der Waals surface area contributed by atoms with E-state index in [2.05, 4.69) is 24.5 Å². The molecular formula is C21H26N2O3S. The molecule has 144 valence electrons. The number of carbonyl (C=O) groups excluding carboxylic acids is 1. The van der Waals surface area contributed by atoms with Gasteiger partial charge in [-0.2, -0.15) is 0 Å². The van der Waals surface area contributed by atoms with E-state index in [-0.39, 0.29) is 17.1 Å². The molecule has 0 unspecified atom stereocenters. The largest absolute Gasteiger partial charge is 0.493 e. The van der Waals surface area contributed by atoms with Gasteiger partial charge in [-0.25, -0.2) is 0 Å². The fourth-order valence-corrected chi connectivity index (χ4v) is 2.43. The first-order valence-corrected chi connectivity index (χ1v) is 9.36. The summed E-state index contributed by atoms with van der Waals surface area (Å²) in [6, 6.07) is 14.4. The minimum Gasteiger partial charge on any atom is -0.493 e. The summed E-state index contributed by atoms with van der Waals surface area (Å²) in [7, 11) is 0. The molecule has 2 rings (SSSR count). The molecule has 0 atom stereocenters. The molecular weight excluding hydrogens is 360 g/mol. The summed E-state index contributed by atoms with van der Waals surface area (Å²) < 4.78 is 11.3. The molecule has 1 amide bonds. The third-order valence-corrected chi connectivity index (χ3v) is 3.59. The van der Waals surface area contributed by atoms with Crippen LogP contribution < -0.4 is 20.1 Å². The van der Waals surface area contributed by atoms with Crippen molar-refractivity contribution in [3.8, 4) is 11.5 Å². The van der Waals surface area contributed by atoms with Crippen molar-refractivity contribution >= 4 is 28.9 Å². The van der Waals surface area contributed by atoms with Crippen LogP contribution in [0.1, 0.15) is 38.1 Å². The van der Waals surface area contributed by atoms with E-state index in [9.17, 15) is 4.79 Å². The first-order chi connectivity index (χ1) is 12.8. The molecule has 0 saturated heterocycles. The lowest BCUT2D eigenvalue weighted by molar-refractivity contribution is 0.0977. The van der Waals surface area contributed by atoms with E-state index >= 15 is 0 Å². The molecule has 0 heterocycles.